The van der Waals surface area contributed by atoms with Crippen molar-refractivity contribution in [2.24, 2.45) is 7.05 Å². The normalized spacial score (nSPS) is 17.2. The van der Waals surface area contributed by atoms with Gasteiger partial charge in [-0.3, -0.25) is 14.4 Å². The van der Waals surface area contributed by atoms with Crippen LogP contribution in [0.3, 0.4) is 0 Å². The van der Waals surface area contributed by atoms with Gasteiger partial charge in [-0.1, -0.05) is 24.3 Å². The van der Waals surface area contributed by atoms with Gasteiger partial charge in [-0.2, -0.15) is 5.10 Å². The van der Waals surface area contributed by atoms with Gasteiger partial charge in [-0.05, 0) is 37.0 Å². The average molecular weight is 420 g/mol. The van der Waals surface area contributed by atoms with Crippen LogP contribution in [-0.4, -0.2) is 51.9 Å². The number of carbonyl (C=O) groups excluding carboxylic acids is 1. The number of rotatable bonds is 6. The molecule has 3 heterocycles. The molecule has 0 spiro atoms. The highest BCUT2D eigenvalue weighted by Gasteiger charge is 2.28. The van der Waals surface area contributed by atoms with E-state index in [-0.39, 0.29) is 5.91 Å². The summed E-state index contributed by atoms with van der Waals surface area (Å²) in [5.74, 6) is 0.410. The van der Waals surface area contributed by atoms with Crippen molar-refractivity contribution in [2.75, 3.05) is 26.3 Å². The van der Waals surface area contributed by atoms with Gasteiger partial charge in [0.05, 0.1) is 29.9 Å². The zero-order valence-corrected chi connectivity index (χ0v) is 18.2. The number of morpholine rings is 1. The van der Waals surface area contributed by atoms with Gasteiger partial charge in [0.2, 0.25) is 0 Å². The topological polar surface area (TPSA) is 72.3 Å². The molecule has 7 nitrogen and oxygen atoms in total. The number of aromatic nitrogens is 3. The zero-order chi connectivity index (χ0) is 21.4. The number of hydrogen-bond donors (Lipinski definition) is 1. The van der Waals surface area contributed by atoms with Crippen LogP contribution in [0.25, 0.3) is 11.0 Å². The van der Waals surface area contributed by atoms with Crippen molar-refractivity contribution in [3.05, 3.63) is 58.4 Å². The summed E-state index contributed by atoms with van der Waals surface area (Å²) in [7, 11) is 1.89. The lowest BCUT2D eigenvalue weighted by Crippen LogP contribution is -2.35. The molecule has 0 unspecified atom stereocenters. The fourth-order valence-electron chi connectivity index (χ4n) is 4.29. The van der Waals surface area contributed by atoms with Crippen LogP contribution in [0.15, 0.2) is 30.3 Å². The molecule has 1 saturated heterocycles. The van der Waals surface area contributed by atoms with Crippen LogP contribution in [-0.2, 0) is 24.9 Å². The highest BCUT2D eigenvalue weighted by Crippen LogP contribution is 2.40. The van der Waals surface area contributed by atoms with Crippen molar-refractivity contribution < 1.29 is 9.53 Å². The van der Waals surface area contributed by atoms with Gasteiger partial charge in [0.15, 0.2) is 5.65 Å². The Morgan fingerprint density at radius 1 is 1.16 bits per heavy atom. The second-order valence-electron chi connectivity index (χ2n) is 8.66. The van der Waals surface area contributed by atoms with Gasteiger partial charge in [-0.25, -0.2) is 4.98 Å². The van der Waals surface area contributed by atoms with Crippen molar-refractivity contribution in [3.63, 3.8) is 0 Å². The molecule has 1 N–H and O–H groups in total. The summed E-state index contributed by atoms with van der Waals surface area (Å²) >= 11 is 0. The Morgan fingerprint density at radius 3 is 2.58 bits per heavy atom. The van der Waals surface area contributed by atoms with Crippen LogP contribution in [0, 0.1) is 6.92 Å². The van der Waals surface area contributed by atoms with Gasteiger partial charge in [0.1, 0.15) is 0 Å². The van der Waals surface area contributed by atoms with E-state index in [1.807, 2.05) is 20.0 Å². The summed E-state index contributed by atoms with van der Waals surface area (Å²) < 4.78 is 7.19. The molecule has 1 aromatic carbocycles. The number of pyridine rings is 1. The highest BCUT2D eigenvalue weighted by molar-refractivity contribution is 6.06. The van der Waals surface area contributed by atoms with Crippen LogP contribution in [0.4, 0.5) is 0 Å². The Kier molecular flexibility index (Phi) is 5.46. The molecule has 3 aromatic rings. The summed E-state index contributed by atoms with van der Waals surface area (Å²) in [6, 6.07) is 10.5. The van der Waals surface area contributed by atoms with Gasteiger partial charge < -0.3 is 10.1 Å². The fourth-order valence-corrected chi connectivity index (χ4v) is 4.29. The molecule has 5 rings (SSSR count). The molecule has 1 amide bonds. The number of carbonyl (C=O) groups is 1. The maximum atomic E-state index is 13.1. The van der Waals surface area contributed by atoms with Crippen LogP contribution < -0.4 is 5.32 Å². The van der Waals surface area contributed by atoms with Gasteiger partial charge >= 0.3 is 0 Å². The predicted molar refractivity (Wildman–Crippen MR) is 119 cm³/mol. The number of fused-ring (bicyclic) bond motifs is 1. The molecule has 31 heavy (non-hydrogen) atoms. The average Bonchev–Trinajstić information content (AvgIpc) is 3.59. The largest absolute Gasteiger partial charge is 0.379 e. The molecule has 7 heteroatoms. The molecule has 162 valence electrons. The van der Waals surface area contributed by atoms with Crippen molar-refractivity contribution in [3.8, 4) is 0 Å². The summed E-state index contributed by atoms with van der Waals surface area (Å²) in [4.78, 5) is 20.3. The lowest BCUT2D eigenvalue weighted by atomic mass is 10.1. The first kappa shape index (κ1) is 20.2. The summed E-state index contributed by atoms with van der Waals surface area (Å²) in [6.07, 6.45) is 2.29. The van der Waals surface area contributed by atoms with E-state index in [0.29, 0.717) is 18.0 Å². The number of ether oxygens (including phenoxy) is 1. The fraction of sp³-hybridized carbons (Fsp3) is 0.458. The standard InChI is InChI=1S/C24H29N5O2/c1-16-22-20(13-21(19-7-8-19)26-23(22)28(2)27-16)24(30)25-14-17-3-5-18(6-4-17)15-29-9-11-31-12-10-29/h3-6,13,19H,7-12,14-15H2,1-2H3,(H,25,30). The molecule has 1 saturated carbocycles. The number of benzene rings is 1. The maximum Gasteiger partial charge on any atom is 0.252 e. The summed E-state index contributed by atoms with van der Waals surface area (Å²) in [5.41, 5.74) is 5.70. The highest BCUT2D eigenvalue weighted by atomic mass is 16.5. The molecule has 2 aromatic heterocycles. The Hall–Kier alpha value is -2.77. The molecule has 0 radical (unpaired) electrons. The SMILES string of the molecule is Cc1nn(C)c2nc(C3CC3)cc(C(=O)NCc3ccc(CN4CCOCC4)cc3)c12. The molecular formula is C24H29N5O2. The molecule has 2 aliphatic rings. The first-order valence-corrected chi connectivity index (χ1v) is 11.1. The monoisotopic (exact) mass is 419 g/mol. The molecule has 0 atom stereocenters. The Labute approximate surface area is 182 Å². The Balaban J connectivity index is 1.29. The maximum absolute atomic E-state index is 13.1. The van der Waals surface area contributed by atoms with Crippen LogP contribution in [0.5, 0.6) is 0 Å². The summed E-state index contributed by atoms with van der Waals surface area (Å²) in [5, 5.41) is 8.44. The number of aryl methyl sites for hydroxylation is 2. The lowest BCUT2D eigenvalue weighted by Gasteiger charge is -2.26. The lowest BCUT2D eigenvalue weighted by molar-refractivity contribution is 0.0342. The van der Waals surface area contributed by atoms with E-state index in [4.69, 9.17) is 9.72 Å². The molecular weight excluding hydrogens is 390 g/mol. The minimum absolute atomic E-state index is 0.0669. The third kappa shape index (κ3) is 4.34. The van der Waals surface area contributed by atoms with E-state index >= 15 is 0 Å². The van der Waals surface area contributed by atoms with E-state index in [1.165, 1.54) is 5.56 Å². The Morgan fingerprint density at radius 2 is 1.87 bits per heavy atom. The minimum atomic E-state index is -0.0669. The van der Waals surface area contributed by atoms with Gasteiger partial charge in [-0.15, -0.1) is 0 Å². The van der Waals surface area contributed by atoms with E-state index in [1.54, 1.807) is 4.68 Å². The number of amides is 1. The van der Waals surface area contributed by atoms with E-state index < -0.39 is 0 Å². The first-order valence-electron chi connectivity index (χ1n) is 11.1. The van der Waals surface area contributed by atoms with Crippen LogP contribution in [0.1, 0.15) is 51.6 Å². The minimum Gasteiger partial charge on any atom is -0.379 e. The van der Waals surface area contributed by atoms with Crippen LogP contribution >= 0.6 is 0 Å². The quantitative estimate of drug-likeness (QED) is 0.665. The second-order valence-corrected chi connectivity index (χ2v) is 8.66. The van der Waals surface area contributed by atoms with Crippen LogP contribution in [0.2, 0.25) is 0 Å². The molecule has 1 aliphatic heterocycles. The summed E-state index contributed by atoms with van der Waals surface area (Å²) in [6.45, 7) is 6.96. The van der Waals surface area contributed by atoms with Crippen molar-refractivity contribution in [1.29, 1.82) is 0 Å². The molecule has 1 aliphatic carbocycles. The van der Waals surface area contributed by atoms with Gasteiger partial charge in [0.25, 0.3) is 5.91 Å². The van der Waals surface area contributed by atoms with Gasteiger partial charge in [0, 0.05) is 44.8 Å². The Bertz CT molecular complexity index is 1100. The number of nitrogens with zero attached hydrogens (tertiary/aromatic N) is 4. The zero-order valence-electron chi connectivity index (χ0n) is 18.2. The smallest absolute Gasteiger partial charge is 0.252 e. The number of nitrogens with one attached hydrogen (secondary N) is 1. The van der Waals surface area contributed by atoms with E-state index in [2.05, 4.69) is 39.6 Å². The third-order valence-corrected chi connectivity index (χ3v) is 6.21. The molecule has 2 fully saturated rings. The second kappa shape index (κ2) is 8.40. The predicted octanol–water partition coefficient (Wildman–Crippen LogP) is 2.92. The van der Waals surface area contributed by atoms with Crippen molar-refractivity contribution in [2.45, 2.75) is 38.8 Å². The molecule has 0 bridgehead atoms. The number of hydrogen-bond acceptors (Lipinski definition) is 5. The van der Waals surface area contributed by atoms with Crippen molar-refractivity contribution in [1.82, 2.24) is 25.0 Å². The van der Waals surface area contributed by atoms with E-state index in [9.17, 15) is 4.79 Å². The van der Waals surface area contributed by atoms with Crippen molar-refractivity contribution >= 4 is 16.9 Å². The first-order chi connectivity index (χ1) is 15.1. The van der Waals surface area contributed by atoms with E-state index in [0.717, 1.165) is 73.7 Å². The third-order valence-electron chi connectivity index (χ3n) is 6.21.